The standard InChI is InChI=1S/C18H15F3N3O/c1-2-3-13-4-6-14(7-5-13)17-22-12-24(23-17)15-8-10-16(11-9-15)25-18(19,20)21/h2,4-12H,3H2,1H3. The van der Waals surface area contributed by atoms with Gasteiger partial charge < -0.3 is 4.74 Å². The minimum Gasteiger partial charge on any atom is -0.406 e. The Hall–Kier alpha value is -2.83. The van der Waals surface area contributed by atoms with Crippen LogP contribution in [0.25, 0.3) is 17.1 Å². The van der Waals surface area contributed by atoms with Gasteiger partial charge in [0.25, 0.3) is 0 Å². The normalized spacial score (nSPS) is 11.5. The molecule has 0 unspecified atom stereocenters. The molecule has 3 rings (SSSR count). The van der Waals surface area contributed by atoms with Crippen molar-refractivity contribution in [2.45, 2.75) is 19.7 Å². The number of nitrogens with zero attached hydrogens (tertiary/aromatic N) is 3. The van der Waals surface area contributed by atoms with E-state index >= 15 is 0 Å². The van der Waals surface area contributed by atoms with Crippen LogP contribution < -0.4 is 4.74 Å². The van der Waals surface area contributed by atoms with Gasteiger partial charge in [-0.05, 0) is 42.7 Å². The average molecular weight is 346 g/mol. The first kappa shape index (κ1) is 17.0. The van der Waals surface area contributed by atoms with Gasteiger partial charge in [-0.2, -0.15) is 0 Å². The van der Waals surface area contributed by atoms with E-state index in [0.29, 0.717) is 11.5 Å². The van der Waals surface area contributed by atoms with Crippen molar-refractivity contribution < 1.29 is 17.9 Å². The lowest BCUT2D eigenvalue weighted by molar-refractivity contribution is -0.274. The van der Waals surface area contributed by atoms with Crippen LogP contribution in [0.2, 0.25) is 0 Å². The minimum atomic E-state index is -4.70. The number of rotatable bonds is 5. The number of ether oxygens (including phenoxy) is 1. The Bertz CT molecular complexity index is 824. The van der Waals surface area contributed by atoms with E-state index in [0.717, 1.165) is 12.0 Å². The van der Waals surface area contributed by atoms with Gasteiger partial charge in [0, 0.05) is 5.56 Å². The Morgan fingerprint density at radius 1 is 1.04 bits per heavy atom. The smallest absolute Gasteiger partial charge is 0.406 e. The van der Waals surface area contributed by atoms with E-state index in [9.17, 15) is 13.2 Å². The number of benzene rings is 2. The van der Waals surface area contributed by atoms with Crippen molar-refractivity contribution in [2.75, 3.05) is 0 Å². The molecule has 0 amide bonds. The van der Waals surface area contributed by atoms with Gasteiger partial charge in [0.1, 0.15) is 12.1 Å². The molecule has 0 aliphatic carbocycles. The zero-order valence-corrected chi connectivity index (χ0v) is 13.4. The first-order chi connectivity index (χ1) is 11.9. The minimum absolute atomic E-state index is 0.278. The Morgan fingerprint density at radius 2 is 1.72 bits per heavy atom. The number of hydrogen-bond donors (Lipinski definition) is 0. The van der Waals surface area contributed by atoms with Crippen molar-refractivity contribution in [1.82, 2.24) is 14.8 Å². The molecule has 0 saturated carbocycles. The Balaban J connectivity index is 1.76. The SMILES string of the molecule is C[CH]Cc1ccc(-c2ncn(-c3ccc(OC(F)(F)F)cc3)n2)cc1. The van der Waals surface area contributed by atoms with Gasteiger partial charge in [-0.3, -0.25) is 0 Å². The first-order valence-corrected chi connectivity index (χ1v) is 7.59. The summed E-state index contributed by atoms with van der Waals surface area (Å²) in [7, 11) is 0. The molecular formula is C18H15F3N3O. The summed E-state index contributed by atoms with van der Waals surface area (Å²) in [5, 5.41) is 4.37. The summed E-state index contributed by atoms with van der Waals surface area (Å²) in [6.45, 7) is 2.00. The zero-order chi connectivity index (χ0) is 17.9. The highest BCUT2D eigenvalue weighted by Gasteiger charge is 2.30. The van der Waals surface area contributed by atoms with Gasteiger partial charge in [0.15, 0.2) is 5.82 Å². The summed E-state index contributed by atoms with van der Waals surface area (Å²) >= 11 is 0. The summed E-state index contributed by atoms with van der Waals surface area (Å²) in [4.78, 5) is 4.25. The van der Waals surface area contributed by atoms with E-state index in [2.05, 4.69) is 21.2 Å². The molecule has 25 heavy (non-hydrogen) atoms. The van der Waals surface area contributed by atoms with Gasteiger partial charge in [-0.25, -0.2) is 9.67 Å². The van der Waals surface area contributed by atoms with E-state index in [1.165, 1.54) is 40.8 Å². The fourth-order valence-corrected chi connectivity index (χ4v) is 2.35. The van der Waals surface area contributed by atoms with Crippen molar-refractivity contribution >= 4 is 0 Å². The summed E-state index contributed by atoms with van der Waals surface area (Å²) in [6, 6.07) is 13.4. The van der Waals surface area contributed by atoms with Crippen molar-refractivity contribution in [2.24, 2.45) is 0 Å². The summed E-state index contributed by atoms with van der Waals surface area (Å²) in [5.74, 6) is 0.266. The summed E-state index contributed by atoms with van der Waals surface area (Å²) < 4.78 is 41.9. The number of alkyl halides is 3. The molecule has 0 fully saturated rings. The van der Waals surface area contributed by atoms with E-state index in [1.807, 2.05) is 31.2 Å². The van der Waals surface area contributed by atoms with Gasteiger partial charge in [0.05, 0.1) is 5.69 Å². The molecule has 1 aromatic heterocycles. The highest BCUT2D eigenvalue weighted by molar-refractivity contribution is 5.55. The van der Waals surface area contributed by atoms with Crippen LogP contribution in [-0.4, -0.2) is 21.1 Å². The van der Waals surface area contributed by atoms with Gasteiger partial charge in [-0.1, -0.05) is 31.2 Å². The highest BCUT2D eigenvalue weighted by atomic mass is 19.4. The van der Waals surface area contributed by atoms with Crippen molar-refractivity contribution in [3.05, 3.63) is 66.8 Å². The third-order valence-corrected chi connectivity index (χ3v) is 3.48. The van der Waals surface area contributed by atoms with Crippen LogP contribution in [0.1, 0.15) is 12.5 Å². The first-order valence-electron chi connectivity index (χ1n) is 7.59. The lowest BCUT2D eigenvalue weighted by Crippen LogP contribution is -2.17. The predicted molar refractivity (Wildman–Crippen MR) is 87.2 cm³/mol. The third-order valence-electron chi connectivity index (χ3n) is 3.48. The molecule has 0 saturated heterocycles. The monoisotopic (exact) mass is 346 g/mol. The van der Waals surface area contributed by atoms with Crippen LogP contribution in [0.3, 0.4) is 0 Å². The van der Waals surface area contributed by atoms with Gasteiger partial charge >= 0.3 is 6.36 Å². The van der Waals surface area contributed by atoms with E-state index < -0.39 is 6.36 Å². The van der Waals surface area contributed by atoms with Crippen LogP contribution in [0.15, 0.2) is 54.9 Å². The molecule has 3 aromatic rings. The predicted octanol–water partition coefficient (Wildman–Crippen LogP) is 4.60. The maximum atomic E-state index is 12.2. The molecule has 0 aliphatic heterocycles. The lowest BCUT2D eigenvalue weighted by atomic mass is 10.1. The fraction of sp³-hybridized carbons (Fsp3) is 0.167. The molecule has 0 bridgehead atoms. The van der Waals surface area contributed by atoms with Crippen LogP contribution in [0.4, 0.5) is 13.2 Å². The molecule has 4 nitrogen and oxygen atoms in total. The van der Waals surface area contributed by atoms with E-state index in [4.69, 9.17) is 0 Å². The van der Waals surface area contributed by atoms with Gasteiger partial charge in [-0.15, -0.1) is 18.3 Å². The van der Waals surface area contributed by atoms with Crippen LogP contribution in [-0.2, 0) is 6.42 Å². The lowest BCUT2D eigenvalue weighted by Gasteiger charge is -2.09. The zero-order valence-electron chi connectivity index (χ0n) is 13.4. The van der Waals surface area contributed by atoms with Crippen LogP contribution in [0, 0.1) is 6.42 Å². The molecule has 1 heterocycles. The van der Waals surface area contributed by atoms with E-state index in [-0.39, 0.29) is 5.75 Å². The summed E-state index contributed by atoms with van der Waals surface area (Å²) in [6.07, 6.45) is -0.213. The fourth-order valence-electron chi connectivity index (χ4n) is 2.35. The van der Waals surface area contributed by atoms with Crippen molar-refractivity contribution in [3.8, 4) is 22.8 Å². The quantitative estimate of drug-likeness (QED) is 0.678. The van der Waals surface area contributed by atoms with Crippen molar-refractivity contribution in [1.29, 1.82) is 0 Å². The van der Waals surface area contributed by atoms with Crippen molar-refractivity contribution in [3.63, 3.8) is 0 Å². The molecule has 2 aromatic carbocycles. The molecule has 0 atom stereocenters. The highest BCUT2D eigenvalue weighted by Crippen LogP contribution is 2.24. The van der Waals surface area contributed by atoms with E-state index in [1.54, 1.807) is 0 Å². The Morgan fingerprint density at radius 3 is 2.32 bits per heavy atom. The second kappa shape index (κ2) is 6.96. The molecule has 0 aliphatic rings. The second-order valence-electron chi connectivity index (χ2n) is 5.36. The molecule has 0 spiro atoms. The van der Waals surface area contributed by atoms with Crippen LogP contribution in [0.5, 0.6) is 5.75 Å². The Labute approximate surface area is 142 Å². The maximum absolute atomic E-state index is 12.2. The average Bonchev–Trinajstić information content (AvgIpc) is 3.05. The molecule has 0 N–H and O–H groups in total. The number of hydrogen-bond acceptors (Lipinski definition) is 3. The molecule has 7 heteroatoms. The maximum Gasteiger partial charge on any atom is 0.573 e. The molecule has 1 radical (unpaired) electrons. The summed E-state index contributed by atoms with van der Waals surface area (Å²) in [5.41, 5.74) is 2.66. The Kier molecular flexibility index (Phi) is 4.74. The molecular weight excluding hydrogens is 331 g/mol. The number of halogens is 3. The second-order valence-corrected chi connectivity index (χ2v) is 5.36. The van der Waals surface area contributed by atoms with Gasteiger partial charge in [0.2, 0.25) is 0 Å². The largest absolute Gasteiger partial charge is 0.573 e. The topological polar surface area (TPSA) is 39.9 Å². The number of aromatic nitrogens is 3. The third kappa shape index (κ3) is 4.37. The molecule has 129 valence electrons. The van der Waals surface area contributed by atoms with Crippen LogP contribution >= 0.6 is 0 Å².